The van der Waals surface area contributed by atoms with E-state index in [1.807, 2.05) is 61.8 Å². The zero-order valence-corrected chi connectivity index (χ0v) is 15.7. The van der Waals surface area contributed by atoms with Crippen molar-refractivity contribution in [2.45, 2.75) is 0 Å². The number of fused-ring (bicyclic) bond motifs is 1. The molecule has 5 rings (SSSR count). The van der Waals surface area contributed by atoms with Gasteiger partial charge < -0.3 is 4.57 Å². The Labute approximate surface area is 167 Å². The van der Waals surface area contributed by atoms with Gasteiger partial charge in [0.2, 0.25) is 0 Å². The summed E-state index contributed by atoms with van der Waals surface area (Å²) >= 11 is 0. The molecule has 0 radical (unpaired) electrons. The van der Waals surface area contributed by atoms with Crippen molar-refractivity contribution in [2.75, 3.05) is 5.01 Å². The lowest BCUT2D eigenvalue weighted by molar-refractivity contribution is -0.114. The first-order valence-corrected chi connectivity index (χ1v) is 9.23. The first-order valence-electron chi connectivity index (χ1n) is 9.23. The maximum Gasteiger partial charge on any atom is 0.281 e. The van der Waals surface area contributed by atoms with Crippen LogP contribution in [-0.4, -0.2) is 26.2 Å². The highest BCUT2D eigenvalue weighted by Crippen LogP contribution is 2.29. The third-order valence-electron chi connectivity index (χ3n) is 4.91. The van der Waals surface area contributed by atoms with Crippen LogP contribution in [0.25, 0.3) is 17.0 Å². The number of aromatic nitrogens is 3. The molecule has 6 heteroatoms. The largest absolute Gasteiger partial charge is 0.350 e. The smallest absolute Gasteiger partial charge is 0.281 e. The number of aryl methyl sites for hydroxylation is 1. The summed E-state index contributed by atoms with van der Waals surface area (Å²) in [5, 5.41) is 7.09. The second-order valence-electron chi connectivity index (χ2n) is 6.76. The van der Waals surface area contributed by atoms with Crippen LogP contribution < -0.4 is 5.01 Å². The van der Waals surface area contributed by atoms with Crippen LogP contribution in [0.2, 0.25) is 0 Å². The molecule has 29 heavy (non-hydrogen) atoms. The molecule has 0 saturated carbocycles. The van der Waals surface area contributed by atoms with Gasteiger partial charge in [-0.15, -0.1) is 0 Å². The lowest BCUT2D eigenvalue weighted by atomic mass is 10.0. The predicted octanol–water partition coefficient (Wildman–Crippen LogP) is 3.80. The number of anilines is 1. The number of rotatable bonds is 3. The molecule has 1 amide bonds. The summed E-state index contributed by atoms with van der Waals surface area (Å²) in [6.45, 7) is 0. The van der Waals surface area contributed by atoms with Crippen LogP contribution in [0.5, 0.6) is 0 Å². The Bertz CT molecular complexity index is 1270. The van der Waals surface area contributed by atoms with Gasteiger partial charge >= 0.3 is 0 Å². The van der Waals surface area contributed by atoms with Gasteiger partial charge in [0.15, 0.2) is 0 Å². The van der Waals surface area contributed by atoms with Gasteiger partial charge in [0.25, 0.3) is 5.91 Å². The highest BCUT2D eigenvalue weighted by molar-refractivity contribution is 6.37. The number of amides is 1. The van der Waals surface area contributed by atoms with Crippen molar-refractivity contribution in [3.05, 3.63) is 96.2 Å². The summed E-state index contributed by atoms with van der Waals surface area (Å²) in [4.78, 5) is 21.8. The van der Waals surface area contributed by atoms with E-state index in [4.69, 9.17) is 0 Å². The standard InChI is InChI=1S/C23H17N5O/c1-27-15-16(18-9-5-6-10-21(18)27)13-19-22(20-14-24-11-12-25-20)26-28(23(19)29)17-7-3-2-4-8-17/h2-15H,1H3/b19-13-. The molecule has 0 spiro atoms. The maximum atomic E-state index is 13.3. The third kappa shape index (κ3) is 2.91. The summed E-state index contributed by atoms with van der Waals surface area (Å²) < 4.78 is 2.05. The van der Waals surface area contributed by atoms with E-state index in [-0.39, 0.29) is 5.91 Å². The summed E-state index contributed by atoms with van der Waals surface area (Å²) in [6.07, 6.45) is 8.73. The van der Waals surface area contributed by atoms with Crippen molar-refractivity contribution < 1.29 is 4.79 Å². The zero-order valence-electron chi connectivity index (χ0n) is 15.7. The average Bonchev–Trinajstić information content (AvgIpc) is 3.27. The summed E-state index contributed by atoms with van der Waals surface area (Å²) in [5.41, 5.74) is 4.33. The number of carbonyl (C=O) groups is 1. The monoisotopic (exact) mass is 379 g/mol. The maximum absolute atomic E-state index is 13.3. The Balaban J connectivity index is 1.68. The van der Waals surface area contributed by atoms with Crippen molar-refractivity contribution in [1.29, 1.82) is 0 Å². The van der Waals surface area contributed by atoms with E-state index in [0.717, 1.165) is 16.5 Å². The number of hydrogen-bond acceptors (Lipinski definition) is 4. The fourth-order valence-electron chi connectivity index (χ4n) is 3.54. The van der Waals surface area contributed by atoms with E-state index >= 15 is 0 Å². The molecular weight excluding hydrogens is 362 g/mol. The van der Waals surface area contributed by atoms with Gasteiger partial charge in [0.1, 0.15) is 11.4 Å². The molecule has 4 aromatic rings. The second kappa shape index (κ2) is 6.83. The number of para-hydroxylation sites is 2. The molecule has 0 aliphatic carbocycles. The number of hydrazone groups is 1. The molecule has 0 bridgehead atoms. The first kappa shape index (κ1) is 17.1. The molecule has 0 unspecified atom stereocenters. The molecule has 0 N–H and O–H groups in total. The third-order valence-corrected chi connectivity index (χ3v) is 4.91. The molecule has 6 nitrogen and oxygen atoms in total. The fraction of sp³-hybridized carbons (Fsp3) is 0.0435. The zero-order chi connectivity index (χ0) is 19.8. The van der Waals surface area contributed by atoms with E-state index in [2.05, 4.69) is 31.8 Å². The van der Waals surface area contributed by atoms with E-state index in [9.17, 15) is 4.79 Å². The Morgan fingerprint density at radius 3 is 2.55 bits per heavy atom. The molecule has 0 saturated heterocycles. The number of nitrogens with zero attached hydrogens (tertiary/aromatic N) is 5. The SMILES string of the molecule is Cn1cc(/C=C2\C(=O)N(c3ccccc3)N=C2c2cnccn2)c2ccccc21. The minimum atomic E-state index is -0.190. The van der Waals surface area contributed by atoms with E-state index in [0.29, 0.717) is 22.7 Å². The van der Waals surface area contributed by atoms with Crippen molar-refractivity contribution in [2.24, 2.45) is 12.1 Å². The highest BCUT2D eigenvalue weighted by Gasteiger charge is 2.33. The van der Waals surface area contributed by atoms with Gasteiger partial charge in [-0.25, -0.2) is 0 Å². The molecule has 0 atom stereocenters. The Morgan fingerprint density at radius 2 is 1.76 bits per heavy atom. The van der Waals surface area contributed by atoms with Crippen molar-refractivity contribution in [3.8, 4) is 0 Å². The van der Waals surface area contributed by atoms with Crippen LogP contribution in [0.3, 0.4) is 0 Å². The number of benzene rings is 2. The van der Waals surface area contributed by atoms with Crippen LogP contribution >= 0.6 is 0 Å². The van der Waals surface area contributed by atoms with Crippen LogP contribution in [-0.2, 0) is 11.8 Å². The second-order valence-corrected chi connectivity index (χ2v) is 6.76. The number of hydrogen-bond donors (Lipinski definition) is 0. The predicted molar refractivity (Wildman–Crippen MR) is 113 cm³/mol. The van der Waals surface area contributed by atoms with Gasteiger partial charge in [-0.3, -0.25) is 14.8 Å². The van der Waals surface area contributed by atoms with E-state index in [1.54, 1.807) is 18.6 Å². The molecule has 3 heterocycles. The van der Waals surface area contributed by atoms with Crippen LogP contribution in [0, 0.1) is 0 Å². The molecule has 0 fully saturated rings. The minimum absolute atomic E-state index is 0.190. The van der Waals surface area contributed by atoms with Crippen LogP contribution in [0.4, 0.5) is 5.69 Å². The topological polar surface area (TPSA) is 63.4 Å². The van der Waals surface area contributed by atoms with Gasteiger partial charge in [0.05, 0.1) is 17.5 Å². The van der Waals surface area contributed by atoms with Crippen molar-refractivity contribution in [1.82, 2.24) is 14.5 Å². The average molecular weight is 379 g/mol. The number of carbonyl (C=O) groups excluding carboxylic acids is 1. The van der Waals surface area contributed by atoms with E-state index in [1.165, 1.54) is 5.01 Å². The van der Waals surface area contributed by atoms with Gasteiger partial charge in [-0.2, -0.15) is 10.1 Å². The normalized spacial score (nSPS) is 15.3. The Kier molecular flexibility index (Phi) is 4.02. The summed E-state index contributed by atoms with van der Waals surface area (Å²) in [7, 11) is 1.99. The lowest BCUT2D eigenvalue weighted by Gasteiger charge is -2.10. The van der Waals surface area contributed by atoms with Crippen LogP contribution in [0.15, 0.2) is 90.1 Å². The lowest BCUT2D eigenvalue weighted by Crippen LogP contribution is -2.21. The molecule has 140 valence electrons. The minimum Gasteiger partial charge on any atom is -0.350 e. The van der Waals surface area contributed by atoms with Gasteiger partial charge in [-0.1, -0.05) is 36.4 Å². The molecule has 2 aromatic carbocycles. The van der Waals surface area contributed by atoms with Gasteiger partial charge in [-0.05, 0) is 24.3 Å². The van der Waals surface area contributed by atoms with Crippen LogP contribution in [0.1, 0.15) is 11.3 Å². The fourth-order valence-corrected chi connectivity index (χ4v) is 3.54. The first-order chi connectivity index (χ1) is 14.2. The summed E-state index contributed by atoms with van der Waals surface area (Å²) in [5.74, 6) is -0.190. The quantitative estimate of drug-likeness (QED) is 0.509. The van der Waals surface area contributed by atoms with E-state index < -0.39 is 0 Å². The molecule has 1 aliphatic rings. The van der Waals surface area contributed by atoms with Crippen molar-refractivity contribution >= 4 is 34.3 Å². The van der Waals surface area contributed by atoms with Crippen molar-refractivity contribution in [3.63, 3.8) is 0 Å². The molecule has 1 aliphatic heterocycles. The van der Waals surface area contributed by atoms with Gasteiger partial charge in [0, 0.05) is 42.1 Å². The molecular formula is C23H17N5O. The Hall–Kier alpha value is -4.06. The summed E-state index contributed by atoms with van der Waals surface area (Å²) in [6, 6.07) is 17.5. The molecule has 2 aromatic heterocycles. The highest BCUT2D eigenvalue weighted by atomic mass is 16.2. The Morgan fingerprint density at radius 1 is 0.966 bits per heavy atom.